The first-order valence-corrected chi connectivity index (χ1v) is 9.04. The van der Waals surface area contributed by atoms with Gasteiger partial charge in [-0.3, -0.25) is 0 Å². The number of halogens is 3. The quantitative estimate of drug-likeness (QED) is 0.631. The monoisotopic (exact) mass is 391 g/mol. The van der Waals surface area contributed by atoms with Crippen LogP contribution in [0.3, 0.4) is 0 Å². The van der Waals surface area contributed by atoms with E-state index in [0.717, 1.165) is 43.5 Å². The van der Waals surface area contributed by atoms with Crippen molar-refractivity contribution in [2.45, 2.75) is 43.8 Å². The van der Waals surface area contributed by atoms with E-state index in [4.69, 9.17) is 11.5 Å². The first-order valence-electron chi connectivity index (χ1n) is 9.04. The smallest absolute Gasteiger partial charge is 0.381 e. The van der Waals surface area contributed by atoms with Gasteiger partial charge >= 0.3 is 6.18 Å². The maximum atomic E-state index is 12.9. The van der Waals surface area contributed by atoms with Gasteiger partial charge in [0.2, 0.25) is 5.95 Å². The molecule has 1 fully saturated rings. The predicted molar refractivity (Wildman–Crippen MR) is 99.1 cm³/mol. The van der Waals surface area contributed by atoms with E-state index in [-0.39, 0.29) is 29.4 Å². The summed E-state index contributed by atoms with van der Waals surface area (Å²) in [6.45, 7) is 0. The second-order valence-electron chi connectivity index (χ2n) is 7.00. The van der Waals surface area contributed by atoms with Gasteiger partial charge < -0.3 is 16.8 Å². The summed E-state index contributed by atoms with van der Waals surface area (Å²) in [4.78, 5) is 8.52. The molecule has 0 amide bonds. The molecule has 0 spiro atoms. The highest BCUT2D eigenvalue weighted by molar-refractivity contribution is 5.64. The molecule has 28 heavy (non-hydrogen) atoms. The average molecular weight is 391 g/mol. The molecule has 5 N–H and O–H groups in total. The molecule has 2 unspecified atom stereocenters. The molecule has 3 aromatic rings. The van der Waals surface area contributed by atoms with E-state index in [9.17, 15) is 13.2 Å². The zero-order chi connectivity index (χ0) is 19.9. The van der Waals surface area contributed by atoms with Crippen molar-refractivity contribution >= 4 is 23.1 Å². The summed E-state index contributed by atoms with van der Waals surface area (Å²) in [6.07, 6.45) is 1.21. The van der Waals surface area contributed by atoms with Gasteiger partial charge in [-0.05, 0) is 31.0 Å². The van der Waals surface area contributed by atoms with Crippen LogP contribution < -0.4 is 16.8 Å². The molecule has 4 rings (SSSR count). The van der Waals surface area contributed by atoms with Crippen LogP contribution in [0.4, 0.5) is 30.6 Å². The number of anilines is 3. The molecule has 2 atom stereocenters. The van der Waals surface area contributed by atoms with Crippen LogP contribution in [0.2, 0.25) is 0 Å². The van der Waals surface area contributed by atoms with Gasteiger partial charge in [-0.25, -0.2) is 9.50 Å². The summed E-state index contributed by atoms with van der Waals surface area (Å²) in [5.74, 6) is 0.412. The number of hydrogen-bond donors (Lipinski definition) is 3. The molecular weight excluding hydrogens is 371 g/mol. The highest BCUT2D eigenvalue weighted by Crippen LogP contribution is 2.33. The van der Waals surface area contributed by atoms with Gasteiger partial charge in [-0.15, -0.1) is 5.10 Å². The van der Waals surface area contributed by atoms with Crippen LogP contribution in [0, 0.1) is 0 Å². The van der Waals surface area contributed by atoms with Gasteiger partial charge in [0.25, 0.3) is 0 Å². The minimum absolute atomic E-state index is 0.00792. The zero-order valence-corrected chi connectivity index (χ0v) is 14.9. The Labute approximate surface area is 159 Å². The largest absolute Gasteiger partial charge is 0.416 e. The number of fused-ring (bicyclic) bond motifs is 1. The van der Waals surface area contributed by atoms with Gasteiger partial charge in [-0.1, -0.05) is 18.9 Å². The molecule has 1 saturated carbocycles. The van der Waals surface area contributed by atoms with Gasteiger partial charge in [-0.2, -0.15) is 18.2 Å². The summed E-state index contributed by atoms with van der Waals surface area (Å²) in [7, 11) is 0. The van der Waals surface area contributed by atoms with Crippen molar-refractivity contribution in [1.82, 2.24) is 19.6 Å². The van der Waals surface area contributed by atoms with Gasteiger partial charge in [0.05, 0.1) is 17.5 Å². The number of nitrogen functional groups attached to an aromatic ring is 1. The summed E-state index contributed by atoms with van der Waals surface area (Å²) in [6, 6.07) is 4.84. The number of nitrogens with two attached hydrogens (primary N) is 2. The molecule has 1 aromatic carbocycles. The Hall–Kier alpha value is -2.88. The SMILES string of the molecule is Nc1ncc(C2CCCCC2N)n2nc(Nc3cccc(C(F)(F)F)c3)nc12. The van der Waals surface area contributed by atoms with E-state index in [2.05, 4.69) is 20.4 Å². The van der Waals surface area contributed by atoms with Crippen LogP contribution in [0.1, 0.15) is 42.9 Å². The predicted octanol–water partition coefficient (Wildman–Crippen LogP) is 3.45. The van der Waals surface area contributed by atoms with Crippen molar-refractivity contribution in [3.8, 4) is 0 Å². The lowest BCUT2D eigenvalue weighted by Crippen LogP contribution is -2.32. The van der Waals surface area contributed by atoms with Crippen molar-refractivity contribution in [2.75, 3.05) is 11.1 Å². The lowest BCUT2D eigenvalue weighted by molar-refractivity contribution is -0.137. The lowest BCUT2D eigenvalue weighted by Gasteiger charge is -2.28. The van der Waals surface area contributed by atoms with Gasteiger partial charge in [0.15, 0.2) is 11.5 Å². The Bertz CT molecular complexity index is 998. The number of aromatic nitrogens is 4. The Kier molecular flexibility index (Phi) is 4.58. The minimum Gasteiger partial charge on any atom is -0.381 e. The molecule has 0 aliphatic heterocycles. The van der Waals surface area contributed by atoms with Crippen molar-refractivity contribution in [3.63, 3.8) is 0 Å². The lowest BCUT2D eigenvalue weighted by atomic mass is 9.83. The van der Waals surface area contributed by atoms with E-state index >= 15 is 0 Å². The molecule has 2 heterocycles. The first kappa shape index (κ1) is 18.5. The molecule has 1 aliphatic rings. The van der Waals surface area contributed by atoms with Crippen LogP contribution in [0.25, 0.3) is 5.65 Å². The molecule has 0 radical (unpaired) electrons. The van der Waals surface area contributed by atoms with Crippen LogP contribution >= 0.6 is 0 Å². The fourth-order valence-electron chi connectivity index (χ4n) is 3.64. The van der Waals surface area contributed by atoms with Crippen LogP contribution in [-0.2, 0) is 6.18 Å². The van der Waals surface area contributed by atoms with Crippen LogP contribution in [-0.4, -0.2) is 25.6 Å². The van der Waals surface area contributed by atoms with E-state index in [1.807, 2.05) is 0 Å². The fourth-order valence-corrected chi connectivity index (χ4v) is 3.64. The second-order valence-corrected chi connectivity index (χ2v) is 7.00. The average Bonchev–Trinajstić information content (AvgIpc) is 3.07. The minimum atomic E-state index is -4.43. The van der Waals surface area contributed by atoms with Crippen molar-refractivity contribution in [1.29, 1.82) is 0 Å². The number of alkyl halides is 3. The molecule has 148 valence electrons. The Balaban J connectivity index is 1.70. The van der Waals surface area contributed by atoms with Crippen molar-refractivity contribution in [2.24, 2.45) is 5.73 Å². The van der Waals surface area contributed by atoms with E-state index < -0.39 is 11.7 Å². The van der Waals surface area contributed by atoms with E-state index in [1.165, 1.54) is 12.1 Å². The molecule has 7 nitrogen and oxygen atoms in total. The number of benzene rings is 1. The zero-order valence-electron chi connectivity index (χ0n) is 14.9. The van der Waals surface area contributed by atoms with E-state index in [0.29, 0.717) is 5.65 Å². The fraction of sp³-hybridized carbons (Fsp3) is 0.389. The Morgan fingerprint density at radius 2 is 1.96 bits per heavy atom. The maximum absolute atomic E-state index is 12.9. The van der Waals surface area contributed by atoms with Crippen LogP contribution in [0.5, 0.6) is 0 Å². The summed E-state index contributed by atoms with van der Waals surface area (Å²) >= 11 is 0. The molecule has 0 saturated heterocycles. The third-order valence-corrected chi connectivity index (χ3v) is 5.06. The highest BCUT2D eigenvalue weighted by atomic mass is 19.4. The Morgan fingerprint density at radius 3 is 2.71 bits per heavy atom. The third-order valence-electron chi connectivity index (χ3n) is 5.06. The Morgan fingerprint density at radius 1 is 1.18 bits per heavy atom. The molecule has 0 bridgehead atoms. The van der Waals surface area contributed by atoms with Crippen LogP contribution in [0.15, 0.2) is 30.5 Å². The number of nitrogens with one attached hydrogen (secondary N) is 1. The van der Waals surface area contributed by atoms with Crippen molar-refractivity contribution in [3.05, 3.63) is 41.7 Å². The molecule has 1 aliphatic carbocycles. The summed E-state index contributed by atoms with van der Waals surface area (Å²) < 4.78 is 40.4. The third kappa shape index (κ3) is 3.47. The van der Waals surface area contributed by atoms with Crippen molar-refractivity contribution < 1.29 is 13.2 Å². The second kappa shape index (κ2) is 6.93. The van der Waals surface area contributed by atoms with Gasteiger partial charge in [0.1, 0.15) is 0 Å². The van der Waals surface area contributed by atoms with E-state index in [1.54, 1.807) is 10.7 Å². The highest BCUT2D eigenvalue weighted by Gasteiger charge is 2.30. The molecule has 10 heteroatoms. The number of nitrogens with zero attached hydrogens (tertiary/aromatic N) is 4. The molecule has 2 aromatic heterocycles. The summed E-state index contributed by atoms with van der Waals surface area (Å²) in [5, 5.41) is 7.22. The maximum Gasteiger partial charge on any atom is 0.416 e. The normalized spacial score (nSPS) is 20.4. The first-order chi connectivity index (χ1) is 13.3. The molecular formula is C18H20F3N7. The summed E-state index contributed by atoms with van der Waals surface area (Å²) in [5.41, 5.74) is 12.9. The topological polar surface area (TPSA) is 107 Å². The van der Waals surface area contributed by atoms with Gasteiger partial charge in [0, 0.05) is 17.6 Å². The number of hydrogen-bond acceptors (Lipinski definition) is 6. The number of rotatable bonds is 3. The standard InChI is InChI=1S/C18H20F3N7/c19-18(20,21)10-4-3-5-11(8-10)25-17-26-16-15(23)24-9-14(28(16)27-17)12-6-1-2-7-13(12)22/h3-5,8-9,12-13H,1-2,6-7,22H2,(H2,23,24)(H,25,27).